The van der Waals surface area contributed by atoms with Crippen LogP contribution in [-0.4, -0.2) is 29.2 Å². The van der Waals surface area contributed by atoms with Crippen LogP contribution in [0.25, 0.3) is 0 Å². The third-order valence-corrected chi connectivity index (χ3v) is 3.91. The lowest BCUT2D eigenvalue weighted by molar-refractivity contribution is -0.151. The Morgan fingerprint density at radius 1 is 1.35 bits per heavy atom. The average Bonchev–Trinajstić information content (AvgIpc) is 3.10. The van der Waals surface area contributed by atoms with Gasteiger partial charge in [-0.3, -0.25) is 9.59 Å². The number of carboxylic acid groups (broad SMARTS) is 1. The number of ether oxygens (including phenoxy) is 1. The molecule has 1 saturated carbocycles. The van der Waals surface area contributed by atoms with Crippen LogP contribution in [0, 0.1) is 0 Å². The van der Waals surface area contributed by atoms with Crippen molar-refractivity contribution >= 4 is 11.9 Å². The molecule has 1 aliphatic carbocycles. The zero-order valence-electron chi connectivity index (χ0n) is 11.5. The van der Waals surface area contributed by atoms with E-state index in [4.69, 9.17) is 10.5 Å². The van der Waals surface area contributed by atoms with Crippen LogP contribution in [0.3, 0.4) is 0 Å². The van der Waals surface area contributed by atoms with E-state index in [0.29, 0.717) is 12.2 Å². The molecular weight excluding hydrogens is 258 g/mol. The second kappa shape index (κ2) is 5.25. The third kappa shape index (κ3) is 2.08. The van der Waals surface area contributed by atoms with E-state index in [9.17, 15) is 14.7 Å². The number of hydrogen-bond donors (Lipinski definition) is 2. The van der Waals surface area contributed by atoms with Crippen LogP contribution in [0.1, 0.15) is 31.7 Å². The van der Waals surface area contributed by atoms with Crippen molar-refractivity contribution in [3.63, 3.8) is 0 Å². The Bertz CT molecular complexity index is 516. The molecule has 5 nitrogen and oxygen atoms in total. The molecule has 0 saturated heterocycles. The van der Waals surface area contributed by atoms with Gasteiger partial charge in [-0.05, 0) is 12.0 Å². The highest BCUT2D eigenvalue weighted by molar-refractivity contribution is 6.02. The first-order valence-corrected chi connectivity index (χ1v) is 6.74. The van der Waals surface area contributed by atoms with E-state index in [0.717, 1.165) is 12.8 Å². The van der Waals surface area contributed by atoms with Gasteiger partial charge in [0.05, 0.1) is 6.61 Å². The third-order valence-electron chi connectivity index (χ3n) is 3.91. The number of carboxylic acids is 1. The maximum absolute atomic E-state index is 12.4. The smallest absolute Gasteiger partial charge is 0.325 e. The van der Waals surface area contributed by atoms with Gasteiger partial charge >= 0.3 is 11.9 Å². The summed E-state index contributed by atoms with van der Waals surface area (Å²) in [5.74, 6) is -1.71. The molecule has 2 atom stereocenters. The van der Waals surface area contributed by atoms with Crippen molar-refractivity contribution in [2.75, 3.05) is 6.61 Å². The number of unbranched alkanes of at least 4 members (excludes halogenated alkanes) is 1. The number of nitrogens with two attached hydrogens (primary N) is 1. The number of hydrogen-bond acceptors (Lipinski definition) is 4. The number of aliphatic carboxylic acids is 1. The molecule has 0 heterocycles. The fourth-order valence-electron chi connectivity index (χ4n) is 2.52. The molecule has 1 aliphatic rings. The predicted molar refractivity (Wildman–Crippen MR) is 73.2 cm³/mol. The molecule has 5 heteroatoms. The van der Waals surface area contributed by atoms with Gasteiger partial charge in [-0.25, -0.2) is 0 Å². The van der Waals surface area contributed by atoms with Gasteiger partial charge < -0.3 is 15.6 Å². The molecule has 0 spiro atoms. The molecule has 1 aromatic carbocycles. The number of esters is 1. The van der Waals surface area contributed by atoms with Gasteiger partial charge in [0.1, 0.15) is 11.0 Å². The minimum atomic E-state index is -1.57. The molecule has 1 fully saturated rings. The lowest BCUT2D eigenvalue weighted by atomic mass is 9.90. The van der Waals surface area contributed by atoms with Crippen LogP contribution in [-0.2, 0) is 19.7 Å². The zero-order valence-corrected chi connectivity index (χ0v) is 11.5. The lowest BCUT2D eigenvalue weighted by Gasteiger charge is -2.19. The second-order valence-electron chi connectivity index (χ2n) is 5.21. The van der Waals surface area contributed by atoms with Gasteiger partial charge in [0, 0.05) is 6.42 Å². The fourth-order valence-corrected chi connectivity index (χ4v) is 2.52. The van der Waals surface area contributed by atoms with Crippen LogP contribution in [0.15, 0.2) is 30.3 Å². The Hall–Kier alpha value is -1.88. The predicted octanol–water partition coefficient (Wildman–Crippen LogP) is 1.45. The maximum atomic E-state index is 12.4. The molecule has 0 amide bonds. The summed E-state index contributed by atoms with van der Waals surface area (Å²) in [4.78, 5) is 23.7. The van der Waals surface area contributed by atoms with Crippen LogP contribution >= 0.6 is 0 Å². The highest BCUT2D eigenvalue weighted by atomic mass is 16.5. The minimum Gasteiger partial charge on any atom is -0.480 e. The van der Waals surface area contributed by atoms with E-state index >= 15 is 0 Å². The highest BCUT2D eigenvalue weighted by Gasteiger charge is 2.76. The molecule has 0 radical (unpaired) electrons. The van der Waals surface area contributed by atoms with Crippen molar-refractivity contribution in [2.45, 2.75) is 37.1 Å². The topological polar surface area (TPSA) is 89.6 Å². The maximum Gasteiger partial charge on any atom is 0.325 e. The molecule has 0 aromatic heterocycles. The number of carbonyl (C=O) groups excluding carboxylic acids is 1. The molecule has 1 aromatic rings. The summed E-state index contributed by atoms with van der Waals surface area (Å²) < 4.78 is 5.23. The lowest BCUT2D eigenvalue weighted by Crippen LogP contribution is -2.45. The van der Waals surface area contributed by atoms with Gasteiger partial charge in [0.25, 0.3) is 0 Å². The Balaban J connectivity index is 2.29. The van der Waals surface area contributed by atoms with Crippen molar-refractivity contribution in [2.24, 2.45) is 5.73 Å². The standard InChI is InChI=1S/C15H19NO4/c1-2-3-9-20-13(19)14(10-15(14,16)12(17)18)11-7-5-4-6-8-11/h4-8H,2-3,9-10,16H2,1H3,(H,17,18). The Kier molecular flexibility index (Phi) is 3.81. The summed E-state index contributed by atoms with van der Waals surface area (Å²) in [5, 5.41) is 9.30. The van der Waals surface area contributed by atoms with Crippen LogP contribution in [0.4, 0.5) is 0 Å². The largest absolute Gasteiger partial charge is 0.480 e. The summed E-state index contributed by atoms with van der Waals surface area (Å²) in [6.45, 7) is 2.28. The summed E-state index contributed by atoms with van der Waals surface area (Å²) in [6, 6.07) is 8.77. The van der Waals surface area contributed by atoms with E-state index in [1.165, 1.54) is 0 Å². The van der Waals surface area contributed by atoms with Crippen LogP contribution in [0.5, 0.6) is 0 Å². The summed E-state index contributed by atoms with van der Waals surface area (Å²) in [5.41, 5.74) is 3.68. The molecule has 20 heavy (non-hydrogen) atoms. The Morgan fingerprint density at radius 2 is 2.00 bits per heavy atom. The van der Waals surface area contributed by atoms with Gasteiger partial charge in [0.15, 0.2) is 0 Å². The first-order chi connectivity index (χ1) is 9.49. The van der Waals surface area contributed by atoms with E-state index in [2.05, 4.69) is 0 Å². The SMILES string of the molecule is CCCCOC(=O)C1(c2ccccc2)CC1(N)C(=O)O. The Labute approximate surface area is 117 Å². The van der Waals surface area contributed by atoms with Crippen LogP contribution in [0.2, 0.25) is 0 Å². The van der Waals surface area contributed by atoms with Gasteiger partial charge in [-0.1, -0.05) is 43.7 Å². The van der Waals surface area contributed by atoms with Crippen LogP contribution < -0.4 is 5.73 Å². The van der Waals surface area contributed by atoms with Gasteiger partial charge in [0.2, 0.25) is 0 Å². The first-order valence-electron chi connectivity index (χ1n) is 6.74. The number of rotatable bonds is 6. The monoisotopic (exact) mass is 277 g/mol. The molecular formula is C15H19NO4. The van der Waals surface area contributed by atoms with Gasteiger partial charge in [-0.15, -0.1) is 0 Å². The minimum absolute atomic E-state index is 0.0737. The Morgan fingerprint density at radius 3 is 2.50 bits per heavy atom. The van der Waals surface area contributed by atoms with E-state index < -0.39 is 22.9 Å². The quantitative estimate of drug-likeness (QED) is 0.607. The zero-order chi connectivity index (χ0) is 14.8. The molecule has 108 valence electrons. The molecule has 0 bridgehead atoms. The van der Waals surface area contributed by atoms with E-state index in [1.807, 2.05) is 6.92 Å². The summed E-state index contributed by atoms with van der Waals surface area (Å²) >= 11 is 0. The van der Waals surface area contributed by atoms with E-state index in [1.54, 1.807) is 30.3 Å². The normalized spacial score (nSPS) is 27.9. The molecule has 2 unspecified atom stereocenters. The molecule has 0 aliphatic heterocycles. The van der Waals surface area contributed by atoms with Crippen molar-refractivity contribution in [3.8, 4) is 0 Å². The van der Waals surface area contributed by atoms with Gasteiger partial charge in [-0.2, -0.15) is 0 Å². The average molecular weight is 277 g/mol. The molecule has 2 rings (SSSR count). The summed E-state index contributed by atoms with van der Waals surface area (Å²) in [6.07, 6.45) is 1.73. The fraction of sp³-hybridized carbons (Fsp3) is 0.467. The van der Waals surface area contributed by atoms with Crippen molar-refractivity contribution in [1.82, 2.24) is 0 Å². The van der Waals surface area contributed by atoms with Crippen molar-refractivity contribution < 1.29 is 19.4 Å². The number of benzene rings is 1. The van der Waals surface area contributed by atoms with E-state index in [-0.39, 0.29) is 6.42 Å². The van der Waals surface area contributed by atoms with Crippen molar-refractivity contribution in [3.05, 3.63) is 35.9 Å². The number of carbonyl (C=O) groups is 2. The van der Waals surface area contributed by atoms with Crippen molar-refractivity contribution in [1.29, 1.82) is 0 Å². The molecule has 3 N–H and O–H groups in total. The second-order valence-corrected chi connectivity index (χ2v) is 5.21. The highest BCUT2D eigenvalue weighted by Crippen LogP contribution is 2.57. The first kappa shape index (κ1) is 14.5. The summed E-state index contributed by atoms with van der Waals surface area (Å²) in [7, 11) is 0.